The van der Waals surface area contributed by atoms with Gasteiger partial charge in [-0.3, -0.25) is 0 Å². The van der Waals surface area contributed by atoms with E-state index in [1.54, 1.807) is 6.07 Å². The number of alkyl halides is 3. The molecule has 210 valence electrons. The maximum absolute atomic E-state index is 14.7. The lowest BCUT2D eigenvalue weighted by Gasteiger charge is -2.48. The Hall–Kier alpha value is -4.32. The Balaban J connectivity index is 1.45. The maximum Gasteiger partial charge on any atom is 0.416 e. The van der Waals surface area contributed by atoms with Gasteiger partial charge in [-0.05, 0) is 72.7 Å². The Morgan fingerprint density at radius 2 is 1.71 bits per heavy atom. The maximum atomic E-state index is 14.7. The Labute approximate surface area is 243 Å². The zero-order chi connectivity index (χ0) is 28.7. The lowest BCUT2D eigenvalue weighted by atomic mass is 9.75. The first-order chi connectivity index (χ1) is 20.3. The van der Waals surface area contributed by atoms with E-state index in [-0.39, 0.29) is 18.1 Å². The fourth-order valence-electron chi connectivity index (χ4n) is 8.00. The topological polar surface area (TPSA) is 10.4 Å². The molecule has 4 aliphatic heterocycles. The van der Waals surface area contributed by atoms with E-state index in [1.807, 2.05) is 49.5 Å². The molecule has 0 radical (unpaired) electrons. The van der Waals surface area contributed by atoms with E-state index >= 15 is 0 Å². The van der Waals surface area contributed by atoms with Gasteiger partial charge in [0.2, 0.25) is 11.4 Å². The number of nitrogens with zero attached hydrogens (tertiary/aromatic N) is 3. The predicted molar refractivity (Wildman–Crippen MR) is 158 cm³/mol. The number of halogens is 3. The Kier molecular flexibility index (Phi) is 5.50. The van der Waals surface area contributed by atoms with Gasteiger partial charge in [-0.25, -0.2) is 0 Å². The second kappa shape index (κ2) is 9.09. The lowest BCUT2D eigenvalue weighted by Crippen LogP contribution is -2.53. The van der Waals surface area contributed by atoms with Crippen molar-refractivity contribution >= 4 is 5.70 Å². The highest BCUT2D eigenvalue weighted by Crippen LogP contribution is 2.52. The van der Waals surface area contributed by atoms with Crippen LogP contribution in [0, 0.1) is 6.92 Å². The third-order valence-electron chi connectivity index (χ3n) is 9.76. The third-order valence-corrected chi connectivity index (χ3v) is 9.76. The summed E-state index contributed by atoms with van der Waals surface area (Å²) in [5, 5.41) is 0. The molecule has 8 rings (SSSR count). The number of hydrogen-bond acceptors (Lipinski definition) is 2. The second-order valence-electron chi connectivity index (χ2n) is 11.9. The van der Waals surface area contributed by atoms with Crippen molar-refractivity contribution < 1.29 is 17.7 Å². The molecular formula is C36H31F3N3+. The fraction of sp³-hybridized carbons (Fsp3) is 0.250. The average molecular weight is 563 g/mol. The molecule has 3 atom stereocenters. The van der Waals surface area contributed by atoms with Crippen molar-refractivity contribution in [3.8, 4) is 22.4 Å². The molecule has 0 spiro atoms. The number of pyridine rings is 1. The van der Waals surface area contributed by atoms with Crippen molar-refractivity contribution in [2.75, 3.05) is 6.54 Å². The van der Waals surface area contributed by atoms with Crippen LogP contribution in [0.4, 0.5) is 13.2 Å². The standard InChI is InChI=1S/C36H31F3N3/c1-22-16-19-41-23(2)33-29(27-11-6-10-25-17-18-40-20-21-42(33)35(40)32(25)27)15-14-26-28(12-7-13-30(26)36(37,38)39)34(41)31(22)24-8-4-3-5-9-24/h3-13,16,19-21,29,33,35H,2,14-15,17-18H2,1H3/q+1. The summed E-state index contributed by atoms with van der Waals surface area (Å²) in [4.78, 5) is 4.81. The summed E-state index contributed by atoms with van der Waals surface area (Å²) in [6, 6.07) is 23.2. The van der Waals surface area contributed by atoms with Gasteiger partial charge in [-0.15, -0.1) is 0 Å². The molecule has 0 bridgehead atoms. The second-order valence-corrected chi connectivity index (χ2v) is 11.9. The summed E-state index contributed by atoms with van der Waals surface area (Å²) in [5.74, 6) is -0.0135. The first-order valence-corrected chi connectivity index (χ1v) is 14.7. The summed E-state index contributed by atoms with van der Waals surface area (Å²) in [5.41, 5.74) is 8.94. The van der Waals surface area contributed by atoms with Crippen LogP contribution in [-0.4, -0.2) is 22.4 Å². The van der Waals surface area contributed by atoms with Crippen LogP contribution < -0.4 is 4.57 Å². The highest BCUT2D eigenvalue weighted by Gasteiger charge is 2.50. The van der Waals surface area contributed by atoms with Gasteiger partial charge in [0.1, 0.15) is 12.2 Å². The van der Waals surface area contributed by atoms with Gasteiger partial charge < -0.3 is 9.80 Å². The minimum atomic E-state index is -4.46. The summed E-state index contributed by atoms with van der Waals surface area (Å²) < 4.78 is 46.1. The zero-order valence-corrected chi connectivity index (χ0v) is 23.4. The Morgan fingerprint density at radius 3 is 2.52 bits per heavy atom. The molecule has 4 aliphatic rings. The van der Waals surface area contributed by atoms with E-state index in [4.69, 9.17) is 6.58 Å². The average Bonchev–Trinajstić information content (AvgIpc) is 3.44. The molecule has 1 aromatic heterocycles. The third kappa shape index (κ3) is 3.57. The van der Waals surface area contributed by atoms with E-state index in [2.05, 4.69) is 51.0 Å². The van der Waals surface area contributed by atoms with Crippen molar-refractivity contribution in [1.82, 2.24) is 9.80 Å². The number of aryl methyl sites for hydroxylation is 1. The monoisotopic (exact) mass is 562 g/mol. The van der Waals surface area contributed by atoms with Crippen molar-refractivity contribution in [1.29, 1.82) is 0 Å². The fourth-order valence-corrected chi connectivity index (χ4v) is 8.00. The number of benzene rings is 3. The SMILES string of the molecule is C=C1C2C(CCc3c(cccc3C(F)(F)F)-c3c(-c4ccccc4)c(C)cc[n+]31)c1cccc3c1C1N(C=CN21)CC3. The van der Waals surface area contributed by atoms with Gasteiger partial charge in [0.25, 0.3) is 0 Å². The molecule has 6 heteroatoms. The molecule has 0 N–H and O–H groups in total. The molecule has 0 saturated carbocycles. The van der Waals surface area contributed by atoms with Crippen molar-refractivity contribution in [2.24, 2.45) is 0 Å². The van der Waals surface area contributed by atoms with Crippen LogP contribution in [0.1, 0.15) is 51.9 Å². The van der Waals surface area contributed by atoms with Gasteiger partial charge in [-0.1, -0.05) is 54.6 Å². The largest absolute Gasteiger partial charge is 0.416 e. The van der Waals surface area contributed by atoms with Crippen LogP contribution in [0.15, 0.2) is 98.0 Å². The minimum absolute atomic E-state index is 0.0135. The normalized spacial score (nSPS) is 22.0. The van der Waals surface area contributed by atoms with Crippen LogP contribution in [-0.2, 0) is 19.0 Å². The van der Waals surface area contributed by atoms with E-state index in [1.165, 1.54) is 22.8 Å². The summed E-state index contributed by atoms with van der Waals surface area (Å²) in [7, 11) is 0. The first-order valence-electron chi connectivity index (χ1n) is 14.7. The molecule has 42 heavy (non-hydrogen) atoms. The molecule has 0 amide bonds. The minimum Gasteiger partial charge on any atom is -0.352 e. The summed E-state index contributed by atoms with van der Waals surface area (Å²) in [6.07, 6.45) is 3.86. The van der Waals surface area contributed by atoms with Crippen LogP contribution >= 0.6 is 0 Å². The molecule has 3 aromatic carbocycles. The Morgan fingerprint density at radius 1 is 0.905 bits per heavy atom. The number of rotatable bonds is 1. The van der Waals surface area contributed by atoms with Crippen LogP contribution in [0.3, 0.4) is 0 Å². The van der Waals surface area contributed by atoms with Crippen molar-refractivity contribution in [3.63, 3.8) is 0 Å². The Bertz CT molecular complexity index is 1790. The van der Waals surface area contributed by atoms with Crippen LogP contribution in [0.2, 0.25) is 0 Å². The number of fused-ring (bicyclic) bond motifs is 6. The lowest BCUT2D eigenvalue weighted by molar-refractivity contribution is -0.573. The molecule has 0 aliphatic carbocycles. The molecule has 3 nitrogen and oxygen atoms in total. The first kappa shape index (κ1) is 25.4. The van der Waals surface area contributed by atoms with Crippen molar-refractivity contribution in [2.45, 2.75) is 50.5 Å². The quantitative estimate of drug-likeness (QED) is 0.219. The summed E-state index contributed by atoms with van der Waals surface area (Å²) >= 11 is 0. The molecule has 0 fully saturated rings. The van der Waals surface area contributed by atoms with Crippen LogP contribution in [0.25, 0.3) is 28.1 Å². The molecular weight excluding hydrogens is 531 g/mol. The van der Waals surface area contributed by atoms with Gasteiger partial charge in [-0.2, -0.15) is 17.7 Å². The predicted octanol–water partition coefficient (Wildman–Crippen LogP) is 7.86. The van der Waals surface area contributed by atoms with Gasteiger partial charge in [0, 0.05) is 36.5 Å². The van der Waals surface area contributed by atoms with Crippen LogP contribution in [0.5, 0.6) is 0 Å². The number of aromatic nitrogens is 1. The van der Waals surface area contributed by atoms with Crippen molar-refractivity contribution in [3.05, 3.63) is 131 Å². The van der Waals surface area contributed by atoms with E-state index < -0.39 is 11.7 Å². The summed E-state index contributed by atoms with van der Waals surface area (Å²) in [6.45, 7) is 7.72. The molecule has 3 unspecified atom stereocenters. The zero-order valence-electron chi connectivity index (χ0n) is 23.4. The molecule has 5 heterocycles. The van der Waals surface area contributed by atoms with Gasteiger partial charge in [0.15, 0.2) is 6.20 Å². The highest BCUT2D eigenvalue weighted by molar-refractivity contribution is 5.83. The molecule has 0 saturated heterocycles. The van der Waals surface area contributed by atoms with E-state index in [0.717, 1.165) is 41.0 Å². The smallest absolute Gasteiger partial charge is 0.352 e. The number of hydrogen-bond donors (Lipinski definition) is 0. The molecule has 4 aromatic rings. The highest BCUT2D eigenvalue weighted by atomic mass is 19.4. The van der Waals surface area contributed by atoms with E-state index in [9.17, 15) is 13.2 Å². The van der Waals surface area contributed by atoms with E-state index in [0.29, 0.717) is 24.0 Å². The van der Waals surface area contributed by atoms with Gasteiger partial charge in [0.05, 0.1) is 16.7 Å². The van der Waals surface area contributed by atoms with Gasteiger partial charge >= 0.3 is 6.18 Å².